The molecule has 2 fully saturated rings. The van der Waals surface area contributed by atoms with Crippen LogP contribution in [-0.4, -0.2) is 24.5 Å². The molecule has 3 aliphatic carbocycles. The Morgan fingerprint density at radius 3 is 2.23 bits per heavy atom. The fourth-order valence-electron chi connectivity index (χ4n) is 6.48. The van der Waals surface area contributed by atoms with Gasteiger partial charge in [0.2, 0.25) is 0 Å². The number of carbonyl (C=O) groups excluding carboxylic acids is 1. The Bertz CT molecular complexity index is 1410. The fraction of sp³-hybridized carbons (Fsp3) is 0.345. The molecule has 0 heterocycles. The van der Waals surface area contributed by atoms with Crippen LogP contribution in [0.4, 0.5) is 4.39 Å². The number of hydrogen-bond donors (Lipinski definition) is 1. The largest absolute Gasteiger partial charge is 0.299 e. The van der Waals surface area contributed by atoms with Crippen LogP contribution < -0.4 is 0 Å². The van der Waals surface area contributed by atoms with E-state index in [1.54, 1.807) is 0 Å². The van der Waals surface area contributed by atoms with Crippen molar-refractivity contribution in [3.05, 3.63) is 83.7 Å². The summed E-state index contributed by atoms with van der Waals surface area (Å²) in [6, 6.07) is 21.7. The number of carbonyl (C=O) groups is 1. The lowest BCUT2D eigenvalue weighted by molar-refractivity contribution is -0.128. The molecule has 0 spiro atoms. The number of halogens is 1. The summed E-state index contributed by atoms with van der Waals surface area (Å²) in [7, 11) is -4.08. The summed E-state index contributed by atoms with van der Waals surface area (Å²) in [5.41, 5.74) is 6.52. The van der Waals surface area contributed by atoms with Crippen molar-refractivity contribution in [2.24, 2.45) is 16.7 Å². The van der Waals surface area contributed by atoms with Gasteiger partial charge < -0.3 is 0 Å². The highest BCUT2D eigenvalue weighted by Crippen LogP contribution is 2.64. The van der Waals surface area contributed by atoms with Crippen molar-refractivity contribution < 1.29 is 22.2 Å². The zero-order chi connectivity index (χ0) is 25.0. The average molecular weight is 493 g/mol. The first-order valence-corrected chi connectivity index (χ1v) is 13.6. The van der Waals surface area contributed by atoms with Crippen molar-refractivity contribution in [3.63, 3.8) is 0 Å². The van der Waals surface area contributed by atoms with E-state index in [0.29, 0.717) is 12.8 Å². The number of Topliss-reactive ketones (excluding diaryl/α,β-unsaturated/α-hetero) is 1. The van der Waals surface area contributed by atoms with E-state index in [0.717, 1.165) is 18.4 Å². The minimum atomic E-state index is -4.08. The van der Waals surface area contributed by atoms with E-state index in [9.17, 15) is 17.6 Å². The maximum atomic E-state index is 13.1. The summed E-state index contributed by atoms with van der Waals surface area (Å²) in [5.74, 6) is -0.291. The summed E-state index contributed by atoms with van der Waals surface area (Å²) < 4.78 is 44.1. The van der Waals surface area contributed by atoms with Gasteiger partial charge in [0.05, 0.1) is 11.2 Å². The first kappa shape index (κ1) is 23.9. The SMILES string of the molecule is CC1(C)C2CCC1(CS(=O)(=O)O)C(=O)C2.Fc1ccc(-c2cccc3c2Cc2ccccc2-3)cc1. The molecule has 182 valence electrons. The highest BCUT2D eigenvalue weighted by Gasteiger charge is 2.65. The Morgan fingerprint density at radius 1 is 0.943 bits per heavy atom. The molecule has 4 nitrogen and oxygen atoms in total. The monoisotopic (exact) mass is 492 g/mol. The average Bonchev–Trinajstić information content (AvgIpc) is 3.35. The molecule has 2 atom stereocenters. The summed E-state index contributed by atoms with van der Waals surface area (Å²) in [4.78, 5) is 11.9. The molecule has 6 rings (SSSR count). The van der Waals surface area contributed by atoms with Crippen molar-refractivity contribution in [2.75, 3.05) is 5.75 Å². The van der Waals surface area contributed by atoms with Crippen LogP contribution in [0.15, 0.2) is 66.7 Å². The van der Waals surface area contributed by atoms with Crippen LogP contribution in [0.1, 0.15) is 44.2 Å². The summed E-state index contributed by atoms with van der Waals surface area (Å²) in [5, 5.41) is 0. The van der Waals surface area contributed by atoms with Gasteiger partial charge >= 0.3 is 0 Å². The smallest absolute Gasteiger partial charge is 0.265 e. The normalized spacial score (nSPS) is 23.4. The van der Waals surface area contributed by atoms with Gasteiger partial charge in [-0.1, -0.05) is 68.4 Å². The van der Waals surface area contributed by atoms with Gasteiger partial charge in [-0.25, -0.2) is 4.39 Å². The van der Waals surface area contributed by atoms with Crippen LogP contribution in [-0.2, 0) is 21.3 Å². The lowest BCUT2D eigenvalue weighted by Crippen LogP contribution is -2.42. The molecule has 2 bridgehead atoms. The van der Waals surface area contributed by atoms with Crippen LogP contribution in [0.5, 0.6) is 0 Å². The molecule has 0 amide bonds. The molecule has 1 N–H and O–H groups in total. The van der Waals surface area contributed by atoms with Gasteiger partial charge in [0.25, 0.3) is 10.1 Å². The minimum absolute atomic E-state index is 0.0152. The molecule has 0 saturated heterocycles. The molecule has 3 aromatic rings. The second-order valence-electron chi connectivity index (χ2n) is 10.6. The van der Waals surface area contributed by atoms with Crippen molar-refractivity contribution >= 4 is 15.9 Å². The number of fused-ring (bicyclic) bond motifs is 5. The Labute approximate surface area is 206 Å². The molecule has 2 unspecified atom stereocenters. The van der Waals surface area contributed by atoms with Gasteiger partial charge in [-0.3, -0.25) is 9.35 Å². The molecule has 0 aromatic heterocycles. The molecular weight excluding hydrogens is 463 g/mol. The molecule has 0 radical (unpaired) electrons. The fourth-order valence-corrected chi connectivity index (χ4v) is 7.78. The minimum Gasteiger partial charge on any atom is -0.299 e. The zero-order valence-electron chi connectivity index (χ0n) is 19.9. The molecule has 3 aromatic carbocycles. The number of benzene rings is 3. The number of rotatable bonds is 3. The van der Waals surface area contributed by atoms with Gasteiger partial charge in [-0.05, 0) is 76.1 Å². The van der Waals surface area contributed by atoms with E-state index >= 15 is 0 Å². The zero-order valence-corrected chi connectivity index (χ0v) is 20.7. The molecule has 35 heavy (non-hydrogen) atoms. The Morgan fingerprint density at radius 2 is 1.60 bits per heavy atom. The van der Waals surface area contributed by atoms with E-state index in [1.165, 1.54) is 39.9 Å². The first-order chi connectivity index (χ1) is 16.5. The van der Waals surface area contributed by atoms with E-state index in [-0.39, 0.29) is 22.9 Å². The third kappa shape index (κ3) is 4.03. The van der Waals surface area contributed by atoms with Gasteiger partial charge in [0.15, 0.2) is 0 Å². The predicted molar refractivity (Wildman–Crippen MR) is 135 cm³/mol. The quantitative estimate of drug-likeness (QED) is 0.339. The highest BCUT2D eigenvalue weighted by molar-refractivity contribution is 7.85. The molecule has 6 heteroatoms. The predicted octanol–water partition coefficient (Wildman–Crippen LogP) is 6.33. The van der Waals surface area contributed by atoms with Crippen LogP contribution in [0, 0.1) is 22.6 Å². The van der Waals surface area contributed by atoms with Crippen molar-refractivity contribution in [1.29, 1.82) is 0 Å². The van der Waals surface area contributed by atoms with Gasteiger partial charge in [-0.2, -0.15) is 8.42 Å². The van der Waals surface area contributed by atoms with E-state index in [4.69, 9.17) is 4.55 Å². The Balaban J connectivity index is 0.000000152. The third-order valence-electron chi connectivity index (χ3n) is 8.57. The summed E-state index contributed by atoms with van der Waals surface area (Å²) in [6.45, 7) is 3.89. The molecular formula is C29H29FO4S. The lowest BCUT2D eigenvalue weighted by Gasteiger charge is -2.35. The van der Waals surface area contributed by atoms with E-state index in [1.807, 2.05) is 26.0 Å². The van der Waals surface area contributed by atoms with E-state index < -0.39 is 21.3 Å². The molecule has 3 aliphatic rings. The second kappa shape index (κ2) is 8.38. The Hall–Kier alpha value is -2.83. The second-order valence-corrected chi connectivity index (χ2v) is 12.0. The van der Waals surface area contributed by atoms with Crippen LogP contribution >= 0.6 is 0 Å². The molecule has 2 saturated carbocycles. The Kier molecular flexibility index (Phi) is 5.72. The number of hydrogen-bond acceptors (Lipinski definition) is 3. The standard InChI is InChI=1S/C19H13F.C10H16O4S/c20-15-10-8-13(9-11-15)16-6-3-7-18-17-5-2-1-4-14(17)12-19(16)18;1-9(2)7-3-4-10(9,8(11)5-7)6-15(12,13)14/h1-11H,12H2;7H,3-6H2,1-2H3,(H,12,13,14). The topological polar surface area (TPSA) is 71.4 Å². The van der Waals surface area contributed by atoms with Crippen LogP contribution in [0.25, 0.3) is 22.3 Å². The van der Waals surface area contributed by atoms with Crippen LogP contribution in [0.2, 0.25) is 0 Å². The maximum Gasteiger partial charge on any atom is 0.265 e. The van der Waals surface area contributed by atoms with Crippen molar-refractivity contribution in [2.45, 2.75) is 39.5 Å². The highest BCUT2D eigenvalue weighted by atomic mass is 32.2. The van der Waals surface area contributed by atoms with Gasteiger partial charge in [0, 0.05) is 6.42 Å². The maximum absolute atomic E-state index is 13.1. The van der Waals surface area contributed by atoms with E-state index in [2.05, 4.69) is 42.5 Å². The lowest BCUT2D eigenvalue weighted by atomic mass is 9.70. The summed E-state index contributed by atoms with van der Waals surface area (Å²) >= 11 is 0. The first-order valence-electron chi connectivity index (χ1n) is 12.0. The summed E-state index contributed by atoms with van der Waals surface area (Å²) in [6.07, 6.45) is 2.93. The van der Waals surface area contributed by atoms with Crippen molar-refractivity contribution in [1.82, 2.24) is 0 Å². The van der Waals surface area contributed by atoms with Crippen LogP contribution in [0.3, 0.4) is 0 Å². The van der Waals surface area contributed by atoms with Crippen molar-refractivity contribution in [3.8, 4) is 22.3 Å². The van der Waals surface area contributed by atoms with Gasteiger partial charge in [-0.15, -0.1) is 0 Å². The molecule has 0 aliphatic heterocycles. The third-order valence-corrected chi connectivity index (χ3v) is 9.43. The van der Waals surface area contributed by atoms with Gasteiger partial charge in [0.1, 0.15) is 11.6 Å². The number of ketones is 1.